The average molecular weight is 248 g/mol. The monoisotopic (exact) mass is 247 g/mol. The van der Waals surface area contributed by atoms with Crippen LogP contribution >= 0.6 is 11.8 Å². The van der Waals surface area contributed by atoms with Crippen LogP contribution in [0.15, 0.2) is 47.1 Å². The van der Waals surface area contributed by atoms with E-state index in [9.17, 15) is 0 Å². The van der Waals surface area contributed by atoms with E-state index in [2.05, 4.69) is 29.1 Å². The van der Waals surface area contributed by atoms with Crippen LogP contribution in [0.5, 0.6) is 0 Å². The maximum atomic E-state index is 5.52. The highest BCUT2D eigenvalue weighted by Gasteiger charge is 2.37. The first-order valence-corrected chi connectivity index (χ1v) is 6.23. The molecule has 0 aliphatic heterocycles. The van der Waals surface area contributed by atoms with E-state index < -0.39 is 0 Å². The van der Waals surface area contributed by atoms with E-state index >= 15 is 0 Å². The predicted molar refractivity (Wildman–Crippen MR) is 68.8 cm³/mol. The molecule has 3 rings (SSSR count). The second-order valence-corrected chi connectivity index (χ2v) is 4.81. The lowest BCUT2D eigenvalue weighted by atomic mass is 10.1. The molecular weight excluding hydrogens is 234 g/mol. The topological polar surface area (TPSA) is 25.2 Å². The standard InChI is InChI=1S/C14H14ClNO/c15-16-9-12-8-13(12)10-3-5-11(6-4-10)14-2-1-7-17-14/h1-7,12-13,16H,8-9H2. The zero-order chi connectivity index (χ0) is 11.7. The van der Waals surface area contributed by atoms with Crippen LogP contribution in [-0.2, 0) is 0 Å². The number of nitrogens with one attached hydrogen (secondary N) is 1. The summed E-state index contributed by atoms with van der Waals surface area (Å²) in [5.41, 5.74) is 2.53. The third-order valence-corrected chi connectivity index (χ3v) is 3.56. The molecule has 0 spiro atoms. The van der Waals surface area contributed by atoms with E-state index in [0.29, 0.717) is 11.8 Å². The Balaban J connectivity index is 1.73. The average Bonchev–Trinajstić information content (AvgIpc) is 2.92. The van der Waals surface area contributed by atoms with Crippen LogP contribution in [0.1, 0.15) is 17.9 Å². The Bertz CT molecular complexity index is 477. The molecule has 2 nitrogen and oxygen atoms in total. The van der Waals surface area contributed by atoms with Crippen molar-refractivity contribution in [2.24, 2.45) is 5.92 Å². The van der Waals surface area contributed by atoms with Gasteiger partial charge in [-0.3, -0.25) is 0 Å². The number of hydrogen-bond donors (Lipinski definition) is 1. The fraction of sp³-hybridized carbons (Fsp3) is 0.286. The van der Waals surface area contributed by atoms with Crippen molar-refractivity contribution < 1.29 is 4.42 Å². The van der Waals surface area contributed by atoms with Crippen LogP contribution in [-0.4, -0.2) is 6.54 Å². The molecule has 2 unspecified atom stereocenters. The smallest absolute Gasteiger partial charge is 0.133 e. The van der Waals surface area contributed by atoms with Crippen LogP contribution in [0.4, 0.5) is 0 Å². The van der Waals surface area contributed by atoms with Crippen molar-refractivity contribution >= 4 is 11.8 Å². The van der Waals surface area contributed by atoms with Gasteiger partial charge in [0.2, 0.25) is 0 Å². The van der Waals surface area contributed by atoms with Gasteiger partial charge < -0.3 is 4.42 Å². The summed E-state index contributed by atoms with van der Waals surface area (Å²) in [6.45, 7) is 0.895. The molecule has 0 bridgehead atoms. The Morgan fingerprint density at radius 3 is 2.71 bits per heavy atom. The summed E-state index contributed by atoms with van der Waals surface area (Å²) in [6.07, 6.45) is 2.94. The number of furan rings is 1. The van der Waals surface area contributed by atoms with E-state index in [0.717, 1.165) is 17.9 Å². The van der Waals surface area contributed by atoms with E-state index in [1.807, 2.05) is 12.1 Å². The lowest BCUT2D eigenvalue weighted by Gasteiger charge is -2.02. The molecule has 1 saturated carbocycles. The first-order chi connectivity index (χ1) is 8.38. The van der Waals surface area contributed by atoms with Crippen LogP contribution in [0, 0.1) is 5.92 Å². The molecular formula is C14H14ClNO. The molecule has 3 heteroatoms. The summed E-state index contributed by atoms with van der Waals surface area (Å²) < 4.78 is 5.37. The molecule has 1 aliphatic rings. The van der Waals surface area contributed by atoms with E-state index in [1.165, 1.54) is 12.0 Å². The van der Waals surface area contributed by atoms with Crippen molar-refractivity contribution in [3.8, 4) is 11.3 Å². The van der Waals surface area contributed by atoms with Gasteiger partial charge in [-0.2, -0.15) is 0 Å². The van der Waals surface area contributed by atoms with Gasteiger partial charge in [-0.05, 0) is 47.7 Å². The van der Waals surface area contributed by atoms with Crippen LogP contribution in [0.3, 0.4) is 0 Å². The zero-order valence-electron chi connectivity index (χ0n) is 9.40. The molecule has 0 amide bonds. The zero-order valence-corrected chi connectivity index (χ0v) is 10.2. The molecule has 1 fully saturated rings. The largest absolute Gasteiger partial charge is 0.464 e. The van der Waals surface area contributed by atoms with Gasteiger partial charge >= 0.3 is 0 Å². The summed E-state index contributed by atoms with van der Waals surface area (Å²) >= 11 is 5.52. The number of rotatable bonds is 4. The van der Waals surface area contributed by atoms with Crippen molar-refractivity contribution in [2.45, 2.75) is 12.3 Å². The van der Waals surface area contributed by atoms with Crippen molar-refractivity contribution in [3.05, 3.63) is 48.2 Å². The molecule has 1 N–H and O–H groups in total. The van der Waals surface area contributed by atoms with Gasteiger partial charge in [-0.25, -0.2) is 4.84 Å². The second kappa shape index (κ2) is 4.55. The first-order valence-electron chi connectivity index (χ1n) is 5.86. The number of benzene rings is 1. The van der Waals surface area contributed by atoms with Crippen molar-refractivity contribution in [3.63, 3.8) is 0 Å². The molecule has 2 aromatic rings. The summed E-state index contributed by atoms with van der Waals surface area (Å²) in [5.74, 6) is 2.29. The number of hydrogen-bond acceptors (Lipinski definition) is 2. The molecule has 1 aliphatic carbocycles. The van der Waals surface area contributed by atoms with Gasteiger partial charge in [-0.15, -0.1) is 0 Å². The molecule has 1 aromatic carbocycles. The van der Waals surface area contributed by atoms with Gasteiger partial charge in [0.1, 0.15) is 5.76 Å². The molecule has 0 saturated heterocycles. The normalized spacial score (nSPS) is 22.6. The maximum Gasteiger partial charge on any atom is 0.133 e. The van der Waals surface area contributed by atoms with Crippen LogP contribution < -0.4 is 4.84 Å². The quantitative estimate of drug-likeness (QED) is 0.832. The molecule has 1 heterocycles. The van der Waals surface area contributed by atoms with Gasteiger partial charge in [-0.1, -0.05) is 24.3 Å². The van der Waals surface area contributed by atoms with E-state index in [1.54, 1.807) is 6.26 Å². The highest BCUT2D eigenvalue weighted by atomic mass is 35.5. The Morgan fingerprint density at radius 1 is 1.24 bits per heavy atom. The fourth-order valence-corrected chi connectivity index (χ4v) is 2.52. The van der Waals surface area contributed by atoms with E-state index in [4.69, 9.17) is 16.2 Å². The summed E-state index contributed by atoms with van der Waals surface area (Å²) in [4.78, 5) is 2.72. The van der Waals surface area contributed by atoms with Crippen LogP contribution in [0.2, 0.25) is 0 Å². The minimum atomic E-state index is 0.673. The molecule has 0 radical (unpaired) electrons. The number of halogens is 1. The third-order valence-electron chi connectivity index (χ3n) is 3.41. The Morgan fingerprint density at radius 2 is 2.06 bits per heavy atom. The summed E-state index contributed by atoms with van der Waals surface area (Å²) in [7, 11) is 0. The molecule has 17 heavy (non-hydrogen) atoms. The SMILES string of the molecule is ClNCC1CC1c1ccc(-c2ccco2)cc1. The summed E-state index contributed by atoms with van der Waals surface area (Å²) in [6, 6.07) is 12.5. The highest BCUT2D eigenvalue weighted by molar-refractivity contribution is 6.13. The highest BCUT2D eigenvalue weighted by Crippen LogP contribution is 2.47. The third kappa shape index (κ3) is 2.24. The lowest BCUT2D eigenvalue weighted by molar-refractivity contribution is 0.582. The minimum Gasteiger partial charge on any atom is -0.464 e. The molecule has 1 aromatic heterocycles. The minimum absolute atomic E-state index is 0.673. The van der Waals surface area contributed by atoms with Gasteiger partial charge in [0.15, 0.2) is 0 Å². The summed E-state index contributed by atoms with van der Waals surface area (Å²) in [5, 5.41) is 0. The maximum absolute atomic E-state index is 5.52. The van der Waals surface area contributed by atoms with Gasteiger partial charge in [0.25, 0.3) is 0 Å². The molecule has 88 valence electrons. The van der Waals surface area contributed by atoms with Gasteiger partial charge in [0.05, 0.1) is 6.26 Å². The first kappa shape index (κ1) is 10.9. The van der Waals surface area contributed by atoms with Gasteiger partial charge in [0, 0.05) is 12.1 Å². The van der Waals surface area contributed by atoms with Crippen molar-refractivity contribution in [2.75, 3.05) is 6.54 Å². The Hall–Kier alpha value is -1.25. The Kier molecular flexibility index (Phi) is 2.91. The lowest BCUT2D eigenvalue weighted by Crippen LogP contribution is -2.03. The molecule has 2 atom stereocenters. The fourth-order valence-electron chi connectivity index (χ4n) is 2.32. The second-order valence-electron chi connectivity index (χ2n) is 4.54. The van der Waals surface area contributed by atoms with Crippen molar-refractivity contribution in [1.29, 1.82) is 0 Å². The van der Waals surface area contributed by atoms with E-state index in [-0.39, 0.29) is 0 Å². The Labute approximate surface area is 106 Å². The predicted octanol–water partition coefficient (Wildman–Crippen LogP) is 3.79. The van der Waals surface area contributed by atoms with Crippen molar-refractivity contribution in [1.82, 2.24) is 4.84 Å². The van der Waals surface area contributed by atoms with Crippen LogP contribution in [0.25, 0.3) is 11.3 Å².